The summed E-state index contributed by atoms with van der Waals surface area (Å²) in [6.07, 6.45) is 1.98. The first-order chi connectivity index (χ1) is 17.0. The molecule has 9 heteroatoms. The van der Waals surface area contributed by atoms with Crippen LogP contribution in [0.4, 0.5) is 11.6 Å². The summed E-state index contributed by atoms with van der Waals surface area (Å²) in [5, 5.41) is 15.5. The van der Waals surface area contributed by atoms with E-state index < -0.39 is 4.92 Å². The lowest BCUT2D eigenvalue weighted by Crippen LogP contribution is -2.42. The minimum Gasteiger partial charge on any atom is -0.496 e. The van der Waals surface area contributed by atoms with Gasteiger partial charge in [0, 0.05) is 23.3 Å². The Balaban J connectivity index is 1.64. The first-order valence-electron chi connectivity index (χ1n) is 11.1. The highest BCUT2D eigenvalue weighted by Crippen LogP contribution is 2.44. The third-order valence-corrected chi connectivity index (χ3v) is 6.33. The number of hydrogen-bond donors (Lipinski definition) is 0. The second-order valence-electron chi connectivity index (χ2n) is 8.40. The number of benzene rings is 3. The minimum atomic E-state index is -0.487. The van der Waals surface area contributed by atoms with Crippen LogP contribution in [0.25, 0.3) is 0 Å². The highest BCUT2D eigenvalue weighted by atomic mass is 16.6. The third kappa shape index (κ3) is 4.01. The van der Waals surface area contributed by atoms with Crippen molar-refractivity contribution in [3.05, 3.63) is 111 Å². The fourth-order valence-corrected chi connectivity index (χ4v) is 4.56. The van der Waals surface area contributed by atoms with E-state index in [1.807, 2.05) is 55.5 Å². The van der Waals surface area contributed by atoms with E-state index in [2.05, 4.69) is 10.1 Å². The molecule has 0 aliphatic carbocycles. The topological polar surface area (TPSA) is 103 Å². The molecule has 0 saturated carbocycles. The van der Waals surface area contributed by atoms with E-state index >= 15 is 0 Å². The van der Waals surface area contributed by atoms with Crippen molar-refractivity contribution in [3.63, 3.8) is 0 Å². The van der Waals surface area contributed by atoms with Gasteiger partial charge in [-0.2, -0.15) is 10.1 Å². The van der Waals surface area contributed by atoms with E-state index in [1.54, 1.807) is 16.7 Å². The van der Waals surface area contributed by atoms with Gasteiger partial charge in [0.05, 0.1) is 24.1 Å². The zero-order chi connectivity index (χ0) is 24.5. The summed E-state index contributed by atoms with van der Waals surface area (Å²) in [4.78, 5) is 30.5. The van der Waals surface area contributed by atoms with E-state index in [-0.39, 0.29) is 23.7 Å². The monoisotopic (exact) mass is 469 g/mol. The molecular formula is C26H23N5O4. The van der Waals surface area contributed by atoms with Gasteiger partial charge in [-0.3, -0.25) is 19.8 Å². The van der Waals surface area contributed by atoms with Crippen molar-refractivity contribution in [1.82, 2.24) is 14.8 Å². The summed E-state index contributed by atoms with van der Waals surface area (Å²) in [7, 11) is 1.63. The van der Waals surface area contributed by atoms with Crippen molar-refractivity contribution in [3.8, 4) is 5.75 Å². The number of aromatic nitrogens is 3. The molecule has 3 aromatic carbocycles. The maximum atomic E-state index is 13.8. The number of para-hydroxylation sites is 1. The molecule has 0 saturated heterocycles. The van der Waals surface area contributed by atoms with Gasteiger partial charge in [-0.05, 0) is 37.1 Å². The number of nitro benzene ring substituents is 1. The van der Waals surface area contributed by atoms with Gasteiger partial charge in [0.25, 0.3) is 11.6 Å². The number of carbonyl (C=O) groups excluding carboxylic acids is 1. The van der Waals surface area contributed by atoms with Crippen LogP contribution in [0.15, 0.2) is 79.1 Å². The molecule has 5 rings (SSSR count). The highest BCUT2D eigenvalue weighted by molar-refractivity contribution is 6.06. The number of amides is 1. The molecular weight excluding hydrogens is 446 g/mol. The van der Waals surface area contributed by atoms with Crippen molar-refractivity contribution in [2.45, 2.75) is 25.4 Å². The highest BCUT2D eigenvalue weighted by Gasteiger charge is 2.40. The van der Waals surface area contributed by atoms with Crippen molar-refractivity contribution in [1.29, 1.82) is 0 Å². The number of carbonyl (C=O) groups is 1. The maximum absolute atomic E-state index is 13.8. The molecule has 4 aromatic rings. The molecule has 0 unspecified atom stereocenters. The number of non-ortho nitro benzene ring substituents is 1. The van der Waals surface area contributed by atoms with E-state index in [0.29, 0.717) is 17.9 Å². The Kier molecular flexibility index (Phi) is 5.74. The van der Waals surface area contributed by atoms with E-state index in [9.17, 15) is 14.9 Å². The molecule has 1 aromatic heterocycles. The van der Waals surface area contributed by atoms with Crippen LogP contribution in [0, 0.1) is 17.0 Å². The van der Waals surface area contributed by atoms with Gasteiger partial charge in [-0.25, -0.2) is 4.68 Å². The Morgan fingerprint density at radius 1 is 1.03 bits per heavy atom. The van der Waals surface area contributed by atoms with E-state index in [1.165, 1.54) is 30.6 Å². The number of nitro groups is 1. The van der Waals surface area contributed by atoms with Gasteiger partial charge in [-0.1, -0.05) is 48.0 Å². The van der Waals surface area contributed by atoms with Crippen LogP contribution in [0.3, 0.4) is 0 Å². The molecule has 0 bridgehead atoms. The Labute approximate surface area is 201 Å². The Morgan fingerprint density at radius 3 is 2.43 bits per heavy atom. The predicted octanol–water partition coefficient (Wildman–Crippen LogP) is 4.88. The van der Waals surface area contributed by atoms with Crippen LogP contribution in [0.5, 0.6) is 5.75 Å². The zero-order valence-electron chi connectivity index (χ0n) is 19.2. The van der Waals surface area contributed by atoms with Crippen molar-refractivity contribution >= 4 is 17.5 Å². The summed E-state index contributed by atoms with van der Waals surface area (Å²) >= 11 is 0. The lowest BCUT2D eigenvalue weighted by Gasteiger charge is -2.39. The summed E-state index contributed by atoms with van der Waals surface area (Å²) in [6.45, 7) is 2.01. The molecule has 0 spiro atoms. The Bertz CT molecular complexity index is 1380. The maximum Gasteiger partial charge on any atom is 0.269 e. The molecule has 2 heterocycles. The van der Waals surface area contributed by atoms with Crippen LogP contribution in [-0.4, -0.2) is 32.7 Å². The van der Waals surface area contributed by atoms with Gasteiger partial charge in [0.15, 0.2) is 0 Å². The van der Waals surface area contributed by atoms with Gasteiger partial charge in [0.2, 0.25) is 5.95 Å². The normalized spacial score (nSPS) is 17.0. The molecule has 0 radical (unpaired) electrons. The smallest absolute Gasteiger partial charge is 0.269 e. The summed E-state index contributed by atoms with van der Waals surface area (Å²) in [6, 6.07) is 20.9. The van der Waals surface area contributed by atoms with Gasteiger partial charge < -0.3 is 4.74 Å². The standard InChI is InChI=1S/C26H23N5O4/c1-17-7-9-18(10-8-17)22-15-23(21-5-3-4-6-24(21)35-2)30-26(27-16-28-30)29(22)25(32)19-11-13-20(14-12-19)31(33)34/h3-14,16,22-23H,15H2,1-2H3/t22-,23+/m1/s1. The van der Waals surface area contributed by atoms with Crippen molar-refractivity contribution < 1.29 is 14.5 Å². The number of hydrogen-bond acceptors (Lipinski definition) is 6. The van der Waals surface area contributed by atoms with E-state index in [0.717, 1.165) is 22.4 Å². The Morgan fingerprint density at radius 2 is 1.74 bits per heavy atom. The fraction of sp³-hybridized carbons (Fsp3) is 0.192. The molecule has 35 heavy (non-hydrogen) atoms. The first kappa shape index (κ1) is 22.3. The lowest BCUT2D eigenvalue weighted by molar-refractivity contribution is -0.384. The van der Waals surface area contributed by atoms with Crippen LogP contribution < -0.4 is 9.64 Å². The molecule has 2 atom stereocenters. The molecule has 0 fully saturated rings. The van der Waals surface area contributed by atoms with Crippen molar-refractivity contribution in [2.75, 3.05) is 12.0 Å². The quantitative estimate of drug-likeness (QED) is 0.305. The average molecular weight is 470 g/mol. The first-order valence-corrected chi connectivity index (χ1v) is 11.1. The minimum absolute atomic E-state index is 0.0744. The predicted molar refractivity (Wildman–Crippen MR) is 130 cm³/mol. The number of anilines is 1. The zero-order valence-corrected chi connectivity index (χ0v) is 19.2. The number of aryl methyl sites for hydroxylation is 1. The summed E-state index contributed by atoms with van der Waals surface area (Å²) < 4.78 is 7.37. The summed E-state index contributed by atoms with van der Waals surface area (Å²) in [5.74, 6) is 0.830. The molecule has 1 amide bonds. The van der Waals surface area contributed by atoms with Crippen LogP contribution in [0.1, 0.15) is 45.6 Å². The Hall–Kier alpha value is -4.53. The molecule has 9 nitrogen and oxygen atoms in total. The molecule has 176 valence electrons. The van der Waals surface area contributed by atoms with Crippen LogP contribution >= 0.6 is 0 Å². The van der Waals surface area contributed by atoms with Crippen LogP contribution in [0.2, 0.25) is 0 Å². The SMILES string of the molecule is COc1ccccc1[C@@H]1C[C@H](c2ccc(C)cc2)N(C(=O)c2ccc([N+](=O)[O-])cc2)c2ncnn21. The van der Waals surface area contributed by atoms with Gasteiger partial charge in [-0.15, -0.1) is 0 Å². The fourth-order valence-electron chi connectivity index (χ4n) is 4.56. The number of methoxy groups -OCH3 is 1. The van der Waals surface area contributed by atoms with E-state index in [4.69, 9.17) is 4.74 Å². The second-order valence-corrected chi connectivity index (χ2v) is 8.40. The van der Waals surface area contributed by atoms with Crippen molar-refractivity contribution in [2.24, 2.45) is 0 Å². The number of rotatable bonds is 5. The molecule has 1 aliphatic rings. The van der Waals surface area contributed by atoms with Gasteiger partial charge >= 0.3 is 0 Å². The van der Waals surface area contributed by atoms with Crippen LogP contribution in [-0.2, 0) is 0 Å². The second kappa shape index (κ2) is 9.02. The molecule has 0 N–H and O–H groups in total. The van der Waals surface area contributed by atoms with Gasteiger partial charge in [0.1, 0.15) is 12.1 Å². The number of nitrogens with zero attached hydrogens (tertiary/aromatic N) is 5. The number of ether oxygens (including phenoxy) is 1. The summed E-state index contributed by atoms with van der Waals surface area (Å²) in [5.41, 5.74) is 3.27. The molecule has 1 aliphatic heterocycles. The third-order valence-electron chi connectivity index (χ3n) is 6.33. The average Bonchev–Trinajstić information content (AvgIpc) is 3.38. The number of fused-ring (bicyclic) bond motifs is 1. The lowest BCUT2D eigenvalue weighted by atomic mass is 9.90. The largest absolute Gasteiger partial charge is 0.496 e.